The van der Waals surface area contributed by atoms with Crippen LogP contribution in [0.2, 0.25) is 5.02 Å². The van der Waals surface area contributed by atoms with E-state index >= 15 is 0 Å². The van der Waals surface area contributed by atoms with Crippen LogP contribution in [-0.4, -0.2) is 23.5 Å². The van der Waals surface area contributed by atoms with Crippen molar-refractivity contribution in [2.75, 3.05) is 6.54 Å². The van der Waals surface area contributed by atoms with Crippen molar-refractivity contribution in [2.45, 2.75) is 33.6 Å². The first-order valence-electron chi connectivity index (χ1n) is 6.91. The topological polar surface area (TPSA) is 66.4 Å². The summed E-state index contributed by atoms with van der Waals surface area (Å²) in [6.07, 6.45) is 0.739. The van der Waals surface area contributed by atoms with Crippen molar-refractivity contribution in [3.63, 3.8) is 0 Å². The van der Waals surface area contributed by atoms with Gasteiger partial charge in [-0.2, -0.15) is 0 Å². The Morgan fingerprint density at radius 1 is 1.24 bits per heavy atom. The Morgan fingerprint density at radius 2 is 1.81 bits per heavy atom. The van der Waals surface area contributed by atoms with Gasteiger partial charge in [0.25, 0.3) is 0 Å². The Kier molecular flexibility index (Phi) is 6.21. The van der Waals surface area contributed by atoms with Crippen LogP contribution in [0.25, 0.3) is 0 Å². The molecule has 116 valence electrons. The summed E-state index contributed by atoms with van der Waals surface area (Å²) in [5, 5.41) is 12.5. The minimum absolute atomic E-state index is 0.0933. The monoisotopic (exact) mass is 311 g/mol. The van der Waals surface area contributed by atoms with Crippen molar-refractivity contribution in [1.82, 2.24) is 5.32 Å². The molecule has 0 radical (unpaired) electrons. The minimum atomic E-state index is -0.878. The van der Waals surface area contributed by atoms with Crippen LogP contribution in [0, 0.1) is 11.3 Å². The molecule has 0 aliphatic rings. The summed E-state index contributed by atoms with van der Waals surface area (Å²) >= 11 is 5.78. The number of nitrogens with one attached hydrogen (secondary N) is 1. The Balaban J connectivity index is 2.50. The lowest BCUT2D eigenvalue weighted by molar-refractivity contribution is -0.142. The number of hydrogen-bond donors (Lipinski definition) is 2. The number of carboxylic acid groups (broad SMARTS) is 1. The zero-order valence-electron chi connectivity index (χ0n) is 12.6. The van der Waals surface area contributed by atoms with Gasteiger partial charge in [-0.05, 0) is 29.5 Å². The molecule has 1 aromatic carbocycles. The lowest BCUT2D eigenvalue weighted by atomic mass is 9.84. The molecule has 1 atom stereocenters. The molecule has 0 bridgehead atoms. The molecule has 0 saturated heterocycles. The predicted molar refractivity (Wildman–Crippen MR) is 83.4 cm³/mol. The fraction of sp³-hybridized carbons (Fsp3) is 0.500. The molecule has 5 heteroatoms. The zero-order chi connectivity index (χ0) is 16.0. The van der Waals surface area contributed by atoms with E-state index in [9.17, 15) is 14.7 Å². The van der Waals surface area contributed by atoms with E-state index in [2.05, 4.69) is 5.32 Å². The van der Waals surface area contributed by atoms with Crippen LogP contribution in [0.4, 0.5) is 0 Å². The molecule has 1 amide bonds. The van der Waals surface area contributed by atoms with Crippen molar-refractivity contribution in [2.24, 2.45) is 11.3 Å². The second-order valence-electron chi connectivity index (χ2n) is 6.41. The summed E-state index contributed by atoms with van der Waals surface area (Å²) in [6, 6.07) is 7.02. The fourth-order valence-corrected chi connectivity index (χ4v) is 2.20. The smallest absolute Gasteiger partial charge is 0.308 e. The number of carbonyl (C=O) groups excluding carboxylic acids is 1. The Bertz CT molecular complexity index is 491. The molecule has 0 spiro atoms. The molecule has 1 aromatic rings. The highest BCUT2D eigenvalue weighted by Gasteiger charge is 2.24. The van der Waals surface area contributed by atoms with Crippen LogP contribution in [0.5, 0.6) is 0 Å². The molecule has 4 nitrogen and oxygen atoms in total. The maximum atomic E-state index is 11.9. The van der Waals surface area contributed by atoms with E-state index in [0.717, 1.165) is 5.56 Å². The second-order valence-corrected chi connectivity index (χ2v) is 6.84. The van der Waals surface area contributed by atoms with Crippen molar-refractivity contribution in [3.05, 3.63) is 34.9 Å². The highest BCUT2D eigenvalue weighted by atomic mass is 35.5. The van der Waals surface area contributed by atoms with Gasteiger partial charge >= 0.3 is 5.97 Å². The van der Waals surface area contributed by atoms with Crippen LogP contribution in [0.1, 0.15) is 32.8 Å². The van der Waals surface area contributed by atoms with Crippen LogP contribution in [0.3, 0.4) is 0 Å². The predicted octanol–water partition coefficient (Wildman–Crippen LogP) is 3.14. The Hall–Kier alpha value is -1.55. The summed E-state index contributed by atoms with van der Waals surface area (Å²) in [5.74, 6) is -1.63. The number of amides is 1. The third-order valence-corrected chi connectivity index (χ3v) is 3.28. The normalized spacial score (nSPS) is 12.8. The fourth-order valence-electron chi connectivity index (χ4n) is 2.07. The highest BCUT2D eigenvalue weighted by molar-refractivity contribution is 6.30. The number of carboxylic acids is 1. The molecule has 1 rings (SSSR count). The largest absolute Gasteiger partial charge is 0.481 e. The maximum Gasteiger partial charge on any atom is 0.308 e. The van der Waals surface area contributed by atoms with Gasteiger partial charge in [0, 0.05) is 11.6 Å². The maximum absolute atomic E-state index is 11.9. The molecule has 2 N–H and O–H groups in total. The second kappa shape index (κ2) is 7.46. The third-order valence-electron chi connectivity index (χ3n) is 3.03. The summed E-state index contributed by atoms with van der Waals surface area (Å²) in [5.41, 5.74) is 0.754. The molecule has 0 aromatic heterocycles. The van der Waals surface area contributed by atoms with Gasteiger partial charge < -0.3 is 10.4 Å². The van der Waals surface area contributed by atoms with E-state index in [1.165, 1.54) is 0 Å². The Labute approximate surface area is 130 Å². The molecule has 0 aliphatic carbocycles. The molecule has 0 fully saturated rings. The van der Waals surface area contributed by atoms with Crippen molar-refractivity contribution in [3.8, 4) is 0 Å². The van der Waals surface area contributed by atoms with Gasteiger partial charge in [0.1, 0.15) is 0 Å². The van der Waals surface area contributed by atoms with Gasteiger partial charge in [-0.3, -0.25) is 9.59 Å². The molecule has 0 heterocycles. The number of rotatable bonds is 6. The van der Waals surface area contributed by atoms with Crippen LogP contribution >= 0.6 is 11.6 Å². The van der Waals surface area contributed by atoms with Crippen LogP contribution < -0.4 is 5.32 Å². The average Bonchev–Trinajstić information content (AvgIpc) is 2.35. The Morgan fingerprint density at radius 3 is 2.29 bits per heavy atom. The average molecular weight is 312 g/mol. The van der Waals surface area contributed by atoms with E-state index < -0.39 is 11.9 Å². The van der Waals surface area contributed by atoms with E-state index in [1.807, 2.05) is 20.8 Å². The number of aliphatic carboxylic acids is 1. The third kappa shape index (κ3) is 7.14. The molecule has 0 aliphatic heterocycles. The molecule has 21 heavy (non-hydrogen) atoms. The standard InChI is InChI=1S/C16H22ClNO3/c1-16(2,3)9-12(15(20)21)10-18-14(19)8-11-4-6-13(17)7-5-11/h4-7,12H,8-10H2,1-3H3,(H,18,19)(H,20,21). The van der Waals surface area contributed by atoms with Gasteiger partial charge in [-0.1, -0.05) is 44.5 Å². The van der Waals surface area contributed by atoms with Gasteiger partial charge in [0.15, 0.2) is 0 Å². The van der Waals surface area contributed by atoms with Gasteiger partial charge in [-0.25, -0.2) is 0 Å². The van der Waals surface area contributed by atoms with E-state index in [1.54, 1.807) is 24.3 Å². The van der Waals surface area contributed by atoms with Crippen LogP contribution in [0.15, 0.2) is 24.3 Å². The van der Waals surface area contributed by atoms with E-state index in [0.29, 0.717) is 11.4 Å². The lowest BCUT2D eigenvalue weighted by Crippen LogP contribution is -2.35. The molecule has 0 saturated carbocycles. The number of hydrogen-bond acceptors (Lipinski definition) is 2. The number of halogens is 1. The van der Waals surface area contributed by atoms with E-state index in [4.69, 9.17) is 11.6 Å². The first-order valence-corrected chi connectivity index (χ1v) is 7.29. The first kappa shape index (κ1) is 17.5. The summed E-state index contributed by atoms with van der Waals surface area (Å²) < 4.78 is 0. The van der Waals surface area contributed by atoms with Crippen LogP contribution in [-0.2, 0) is 16.0 Å². The zero-order valence-corrected chi connectivity index (χ0v) is 13.4. The van der Waals surface area contributed by atoms with Crippen molar-refractivity contribution in [1.29, 1.82) is 0 Å². The molecular formula is C16H22ClNO3. The minimum Gasteiger partial charge on any atom is -0.481 e. The summed E-state index contributed by atoms with van der Waals surface area (Å²) in [7, 11) is 0. The summed E-state index contributed by atoms with van der Waals surface area (Å²) in [4.78, 5) is 23.1. The van der Waals surface area contributed by atoms with Gasteiger partial charge in [-0.15, -0.1) is 0 Å². The quantitative estimate of drug-likeness (QED) is 0.848. The number of benzene rings is 1. The SMILES string of the molecule is CC(C)(C)CC(CNC(=O)Cc1ccc(Cl)cc1)C(=O)O. The van der Waals surface area contributed by atoms with E-state index in [-0.39, 0.29) is 24.3 Å². The summed E-state index contributed by atoms with van der Waals surface area (Å²) in [6.45, 7) is 6.11. The van der Waals surface area contributed by atoms with Gasteiger partial charge in [0.2, 0.25) is 5.91 Å². The highest BCUT2D eigenvalue weighted by Crippen LogP contribution is 2.24. The molecular weight excluding hydrogens is 290 g/mol. The van der Waals surface area contributed by atoms with Crippen molar-refractivity contribution >= 4 is 23.5 Å². The van der Waals surface area contributed by atoms with Gasteiger partial charge in [0.05, 0.1) is 12.3 Å². The first-order chi connectivity index (χ1) is 9.67. The van der Waals surface area contributed by atoms with Crippen molar-refractivity contribution < 1.29 is 14.7 Å². The number of carbonyl (C=O) groups is 2. The lowest BCUT2D eigenvalue weighted by Gasteiger charge is -2.23. The molecule has 1 unspecified atom stereocenters.